The van der Waals surface area contributed by atoms with Crippen molar-refractivity contribution in [1.82, 2.24) is 30.1 Å². The Hall–Kier alpha value is -3.54. The van der Waals surface area contributed by atoms with Crippen molar-refractivity contribution in [3.05, 3.63) is 61.3 Å². The maximum atomic E-state index is 4.50. The first kappa shape index (κ1) is 13.0. The molecule has 6 nitrogen and oxygen atoms in total. The van der Waals surface area contributed by atoms with Gasteiger partial charge in [0.1, 0.15) is 5.69 Å². The molecule has 0 aliphatic heterocycles. The van der Waals surface area contributed by atoms with Crippen LogP contribution in [0.2, 0.25) is 0 Å². The van der Waals surface area contributed by atoms with Gasteiger partial charge in [-0.1, -0.05) is 0 Å². The van der Waals surface area contributed by atoms with E-state index in [0.29, 0.717) is 0 Å². The Morgan fingerprint density at radius 3 is 2.71 bits per heavy atom. The fourth-order valence-electron chi connectivity index (χ4n) is 2.89. The van der Waals surface area contributed by atoms with Gasteiger partial charge < -0.3 is 4.98 Å². The van der Waals surface area contributed by atoms with Crippen LogP contribution in [0.15, 0.2) is 61.3 Å². The van der Waals surface area contributed by atoms with E-state index in [1.54, 1.807) is 18.6 Å². The Morgan fingerprint density at radius 2 is 1.83 bits per heavy atom. The predicted molar refractivity (Wildman–Crippen MR) is 92.2 cm³/mol. The van der Waals surface area contributed by atoms with Gasteiger partial charge in [0.15, 0.2) is 0 Å². The first-order chi connectivity index (χ1) is 11.9. The normalized spacial score (nSPS) is 11.3. The number of pyridine rings is 3. The lowest BCUT2D eigenvalue weighted by Gasteiger charge is -2.00. The van der Waals surface area contributed by atoms with Crippen LogP contribution in [0.3, 0.4) is 0 Å². The van der Waals surface area contributed by atoms with Gasteiger partial charge in [-0.2, -0.15) is 5.10 Å². The van der Waals surface area contributed by atoms with Gasteiger partial charge in [-0.25, -0.2) is 0 Å². The second-order valence-corrected chi connectivity index (χ2v) is 5.57. The number of fused-ring (bicyclic) bond motifs is 2. The van der Waals surface area contributed by atoms with E-state index in [-0.39, 0.29) is 0 Å². The summed E-state index contributed by atoms with van der Waals surface area (Å²) in [7, 11) is 0. The molecule has 5 aromatic heterocycles. The molecule has 0 aromatic carbocycles. The van der Waals surface area contributed by atoms with Gasteiger partial charge in [-0.15, -0.1) is 0 Å². The molecule has 0 fully saturated rings. The van der Waals surface area contributed by atoms with Crippen molar-refractivity contribution in [3.8, 4) is 22.6 Å². The van der Waals surface area contributed by atoms with Crippen LogP contribution in [0.4, 0.5) is 0 Å². The largest absolute Gasteiger partial charge is 0.353 e. The molecule has 0 amide bonds. The summed E-state index contributed by atoms with van der Waals surface area (Å²) >= 11 is 0. The van der Waals surface area contributed by atoms with Crippen molar-refractivity contribution in [3.63, 3.8) is 0 Å². The van der Waals surface area contributed by atoms with Gasteiger partial charge in [0.05, 0.1) is 23.1 Å². The number of nitrogens with one attached hydrogen (secondary N) is 2. The summed E-state index contributed by atoms with van der Waals surface area (Å²) in [6.45, 7) is 0. The molecule has 5 rings (SSSR count). The molecule has 0 atom stereocenters. The van der Waals surface area contributed by atoms with Gasteiger partial charge >= 0.3 is 0 Å². The summed E-state index contributed by atoms with van der Waals surface area (Å²) in [6.07, 6.45) is 8.98. The smallest absolute Gasteiger partial charge is 0.116 e. The highest BCUT2D eigenvalue weighted by atomic mass is 15.1. The molecule has 114 valence electrons. The molecular weight excluding hydrogens is 300 g/mol. The second kappa shape index (κ2) is 4.99. The minimum atomic E-state index is 0.869. The summed E-state index contributed by atoms with van der Waals surface area (Å²) in [5.41, 5.74) is 5.61. The van der Waals surface area contributed by atoms with Crippen molar-refractivity contribution >= 4 is 21.8 Å². The summed E-state index contributed by atoms with van der Waals surface area (Å²) in [5.74, 6) is 0. The third kappa shape index (κ3) is 1.97. The monoisotopic (exact) mass is 312 g/mol. The van der Waals surface area contributed by atoms with Crippen molar-refractivity contribution in [2.75, 3.05) is 0 Å². The topological polar surface area (TPSA) is 83.1 Å². The quantitative estimate of drug-likeness (QED) is 0.522. The molecule has 0 saturated carbocycles. The number of hydrogen-bond donors (Lipinski definition) is 2. The lowest BCUT2D eigenvalue weighted by atomic mass is 10.1. The second-order valence-electron chi connectivity index (χ2n) is 5.57. The molecule has 0 spiro atoms. The Balaban J connectivity index is 1.71. The molecule has 6 heteroatoms. The van der Waals surface area contributed by atoms with Crippen LogP contribution < -0.4 is 0 Å². The van der Waals surface area contributed by atoms with Crippen LogP contribution in [0, 0.1) is 0 Å². The van der Waals surface area contributed by atoms with E-state index >= 15 is 0 Å². The third-order valence-electron chi connectivity index (χ3n) is 4.08. The maximum Gasteiger partial charge on any atom is 0.116 e. The highest BCUT2D eigenvalue weighted by molar-refractivity contribution is 5.96. The Morgan fingerprint density at radius 1 is 0.875 bits per heavy atom. The number of hydrogen-bond acceptors (Lipinski definition) is 4. The summed E-state index contributed by atoms with van der Waals surface area (Å²) in [5, 5.41) is 9.59. The van der Waals surface area contributed by atoms with Crippen molar-refractivity contribution in [2.24, 2.45) is 0 Å². The van der Waals surface area contributed by atoms with Crippen LogP contribution in [-0.2, 0) is 0 Å². The Kier molecular flexibility index (Phi) is 2.69. The van der Waals surface area contributed by atoms with Gasteiger partial charge in [-0.05, 0) is 30.3 Å². The number of H-pyrrole nitrogens is 2. The van der Waals surface area contributed by atoms with Crippen molar-refractivity contribution in [2.45, 2.75) is 0 Å². The number of aromatic amines is 2. The molecule has 0 aliphatic carbocycles. The zero-order chi connectivity index (χ0) is 15.9. The average Bonchev–Trinajstić information content (AvgIpc) is 3.25. The number of nitrogens with zero attached hydrogens (tertiary/aromatic N) is 4. The fraction of sp³-hybridized carbons (Fsp3) is 0. The fourth-order valence-corrected chi connectivity index (χ4v) is 2.89. The first-order valence-electron chi connectivity index (χ1n) is 7.56. The number of rotatable bonds is 2. The first-order valence-corrected chi connectivity index (χ1v) is 7.56. The van der Waals surface area contributed by atoms with Gasteiger partial charge in [0, 0.05) is 46.6 Å². The molecule has 5 heterocycles. The predicted octanol–water partition coefficient (Wildman–Crippen LogP) is 3.56. The molecule has 24 heavy (non-hydrogen) atoms. The zero-order valence-electron chi connectivity index (χ0n) is 12.6. The van der Waals surface area contributed by atoms with E-state index < -0.39 is 0 Å². The van der Waals surface area contributed by atoms with Crippen LogP contribution in [0.5, 0.6) is 0 Å². The standard InChI is InChI=1S/C18H12N6/c1-2-11(8-19-4-1)15-7-13-17(10-21-15)23-24-18(13)16-6-12-9-20-5-3-14(12)22-16/h1-10,22H,(H,23,24). The van der Waals surface area contributed by atoms with Crippen molar-refractivity contribution < 1.29 is 0 Å². The van der Waals surface area contributed by atoms with E-state index in [1.165, 1.54) is 0 Å². The molecule has 0 bridgehead atoms. The lowest BCUT2D eigenvalue weighted by molar-refractivity contribution is 1.11. The van der Waals surface area contributed by atoms with Gasteiger partial charge in [0.2, 0.25) is 0 Å². The highest BCUT2D eigenvalue weighted by Crippen LogP contribution is 2.30. The Bertz CT molecular complexity index is 1120. The van der Waals surface area contributed by atoms with Crippen LogP contribution in [-0.4, -0.2) is 30.1 Å². The minimum absolute atomic E-state index is 0.869. The van der Waals surface area contributed by atoms with Gasteiger partial charge in [-0.3, -0.25) is 20.1 Å². The van der Waals surface area contributed by atoms with Crippen LogP contribution in [0.25, 0.3) is 44.5 Å². The molecule has 0 unspecified atom stereocenters. The summed E-state index contributed by atoms with van der Waals surface area (Å²) in [6, 6.07) is 9.95. The lowest BCUT2D eigenvalue weighted by Crippen LogP contribution is -1.85. The third-order valence-corrected chi connectivity index (χ3v) is 4.08. The van der Waals surface area contributed by atoms with E-state index in [0.717, 1.165) is 44.5 Å². The van der Waals surface area contributed by atoms with E-state index in [2.05, 4.69) is 36.2 Å². The SMILES string of the molecule is c1cncc(-c2cc3c(-c4cc5cnccc5[nH]4)n[nH]c3cn2)c1. The maximum absolute atomic E-state index is 4.50. The van der Waals surface area contributed by atoms with E-state index in [9.17, 15) is 0 Å². The van der Waals surface area contributed by atoms with E-state index in [1.807, 2.05) is 36.7 Å². The summed E-state index contributed by atoms with van der Waals surface area (Å²) < 4.78 is 0. The molecule has 5 aromatic rings. The summed E-state index contributed by atoms with van der Waals surface area (Å²) in [4.78, 5) is 16.2. The van der Waals surface area contributed by atoms with Gasteiger partial charge in [0.25, 0.3) is 0 Å². The van der Waals surface area contributed by atoms with E-state index in [4.69, 9.17) is 0 Å². The molecule has 0 radical (unpaired) electrons. The van der Waals surface area contributed by atoms with Crippen LogP contribution in [0.1, 0.15) is 0 Å². The van der Waals surface area contributed by atoms with Crippen molar-refractivity contribution in [1.29, 1.82) is 0 Å². The Labute approximate surface area is 136 Å². The molecular formula is C18H12N6. The minimum Gasteiger partial charge on any atom is -0.353 e. The average molecular weight is 312 g/mol. The zero-order valence-corrected chi connectivity index (χ0v) is 12.6. The molecule has 0 aliphatic rings. The molecule has 2 N–H and O–H groups in total. The highest BCUT2D eigenvalue weighted by Gasteiger charge is 2.12. The molecule has 0 saturated heterocycles. The van der Waals surface area contributed by atoms with Crippen LogP contribution >= 0.6 is 0 Å². The number of aromatic nitrogens is 6.